The zero-order chi connectivity index (χ0) is 19.1. The average Bonchev–Trinajstić information content (AvgIpc) is 2.70. The Hall–Kier alpha value is -1.95. The Morgan fingerprint density at radius 2 is 1.96 bits per heavy atom. The highest BCUT2D eigenvalue weighted by Gasteiger charge is 2.27. The molecule has 0 unspecified atom stereocenters. The Labute approximate surface area is 161 Å². The predicted octanol–water partition coefficient (Wildman–Crippen LogP) is 2.95. The zero-order valence-corrected chi connectivity index (χ0v) is 16.0. The molecule has 1 aliphatic heterocycles. The van der Waals surface area contributed by atoms with E-state index >= 15 is 0 Å². The van der Waals surface area contributed by atoms with Crippen molar-refractivity contribution in [2.45, 2.75) is 25.4 Å². The predicted molar refractivity (Wildman–Crippen MR) is 105 cm³/mol. The third-order valence-corrected chi connectivity index (χ3v) is 5.34. The smallest absolute Gasteiger partial charge is 0.131 e. The summed E-state index contributed by atoms with van der Waals surface area (Å²) in [5.41, 5.74) is 2.02. The Morgan fingerprint density at radius 1 is 1.15 bits per heavy atom. The van der Waals surface area contributed by atoms with Crippen molar-refractivity contribution in [3.63, 3.8) is 0 Å². The third-order valence-electron chi connectivity index (χ3n) is 5.34. The van der Waals surface area contributed by atoms with Crippen LogP contribution in [0.3, 0.4) is 0 Å². The molecule has 0 spiro atoms. The van der Waals surface area contributed by atoms with Gasteiger partial charge in [-0.1, -0.05) is 36.4 Å². The highest BCUT2D eigenvalue weighted by Crippen LogP contribution is 2.21. The number of methoxy groups -OCH3 is 1. The van der Waals surface area contributed by atoms with Crippen LogP contribution in [0, 0.1) is 5.82 Å². The van der Waals surface area contributed by atoms with Gasteiger partial charge in [0, 0.05) is 57.0 Å². The number of ether oxygens (including phenoxy) is 1. The molecule has 1 atom stereocenters. The SMILES string of the molecule is COc1ccc(CN2CCN(CCc3ccccc3)C[C@H]2CCO)c(F)c1. The molecule has 2 aromatic carbocycles. The molecule has 3 rings (SSSR count). The summed E-state index contributed by atoms with van der Waals surface area (Å²) >= 11 is 0. The maximum Gasteiger partial charge on any atom is 0.131 e. The molecular weight excluding hydrogens is 343 g/mol. The summed E-state index contributed by atoms with van der Waals surface area (Å²) in [6.07, 6.45) is 1.74. The van der Waals surface area contributed by atoms with Gasteiger partial charge in [-0.15, -0.1) is 0 Å². The van der Waals surface area contributed by atoms with Crippen LogP contribution in [0.25, 0.3) is 0 Å². The molecule has 27 heavy (non-hydrogen) atoms. The molecule has 0 saturated carbocycles. The van der Waals surface area contributed by atoms with E-state index in [1.54, 1.807) is 19.2 Å². The fourth-order valence-corrected chi connectivity index (χ4v) is 3.73. The Morgan fingerprint density at radius 3 is 2.67 bits per heavy atom. The van der Waals surface area contributed by atoms with Gasteiger partial charge in [0.25, 0.3) is 0 Å². The number of benzene rings is 2. The number of aliphatic hydroxyl groups excluding tert-OH is 1. The van der Waals surface area contributed by atoms with Crippen molar-refractivity contribution in [2.75, 3.05) is 39.9 Å². The first-order valence-corrected chi connectivity index (χ1v) is 9.63. The van der Waals surface area contributed by atoms with Gasteiger partial charge in [-0.05, 0) is 24.5 Å². The van der Waals surface area contributed by atoms with Crippen molar-refractivity contribution in [1.29, 1.82) is 0 Å². The quantitative estimate of drug-likeness (QED) is 0.773. The zero-order valence-electron chi connectivity index (χ0n) is 16.0. The Bertz CT molecular complexity index is 711. The number of hydrogen-bond donors (Lipinski definition) is 1. The number of aliphatic hydroxyl groups is 1. The van der Waals surface area contributed by atoms with E-state index < -0.39 is 0 Å². The number of halogens is 1. The molecule has 1 saturated heterocycles. The molecule has 0 aromatic heterocycles. The minimum Gasteiger partial charge on any atom is -0.497 e. The lowest BCUT2D eigenvalue weighted by Crippen LogP contribution is -2.53. The second-order valence-corrected chi connectivity index (χ2v) is 7.13. The molecule has 0 radical (unpaired) electrons. The van der Waals surface area contributed by atoms with Crippen LogP contribution in [-0.4, -0.2) is 60.8 Å². The van der Waals surface area contributed by atoms with Gasteiger partial charge in [0.2, 0.25) is 0 Å². The summed E-state index contributed by atoms with van der Waals surface area (Å²) in [6.45, 7) is 4.48. The van der Waals surface area contributed by atoms with Crippen LogP contribution in [0.5, 0.6) is 5.75 Å². The number of hydrogen-bond acceptors (Lipinski definition) is 4. The van der Waals surface area contributed by atoms with Crippen molar-refractivity contribution in [3.05, 3.63) is 65.5 Å². The lowest BCUT2D eigenvalue weighted by atomic mass is 10.1. The molecule has 1 heterocycles. The van der Waals surface area contributed by atoms with E-state index in [9.17, 15) is 9.50 Å². The van der Waals surface area contributed by atoms with E-state index in [4.69, 9.17) is 4.74 Å². The third kappa shape index (κ3) is 5.51. The van der Waals surface area contributed by atoms with Crippen LogP contribution in [0.2, 0.25) is 0 Å². The van der Waals surface area contributed by atoms with Crippen LogP contribution in [0.1, 0.15) is 17.5 Å². The lowest BCUT2D eigenvalue weighted by molar-refractivity contribution is 0.0536. The molecular formula is C22H29FN2O2. The summed E-state index contributed by atoms with van der Waals surface area (Å²) in [7, 11) is 1.54. The van der Waals surface area contributed by atoms with Gasteiger partial charge < -0.3 is 14.7 Å². The summed E-state index contributed by atoms with van der Waals surface area (Å²) in [5.74, 6) is 0.303. The lowest BCUT2D eigenvalue weighted by Gasteiger charge is -2.41. The van der Waals surface area contributed by atoms with Crippen molar-refractivity contribution in [1.82, 2.24) is 9.80 Å². The van der Waals surface area contributed by atoms with Crippen LogP contribution in [-0.2, 0) is 13.0 Å². The first kappa shape index (κ1) is 19.8. The standard InChI is InChI=1S/C22H29FN2O2/c1-27-21-8-7-19(22(23)15-21)16-25-13-12-24(17-20(25)10-14-26)11-9-18-5-3-2-4-6-18/h2-8,15,20,26H,9-14,16-17H2,1H3/t20-/m1/s1. The number of piperazine rings is 1. The molecule has 5 heteroatoms. The van der Waals surface area contributed by atoms with E-state index in [1.807, 2.05) is 6.07 Å². The van der Waals surface area contributed by atoms with Crippen molar-refractivity contribution in [2.24, 2.45) is 0 Å². The Kier molecular flexibility index (Phi) is 7.21. The van der Waals surface area contributed by atoms with Crippen molar-refractivity contribution < 1.29 is 14.2 Å². The molecule has 0 amide bonds. The van der Waals surface area contributed by atoms with Crippen LogP contribution in [0.4, 0.5) is 4.39 Å². The van der Waals surface area contributed by atoms with Gasteiger partial charge in [0.15, 0.2) is 0 Å². The van der Waals surface area contributed by atoms with Crippen LogP contribution >= 0.6 is 0 Å². The Balaban J connectivity index is 1.59. The van der Waals surface area contributed by atoms with Gasteiger partial charge in [-0.3, -0.25) is 4.90 Å². The molecule has 0 aliphatic carbocycles. The fraction of sp³-hybridized carbons (Fsp3) is 0.455. The molecule has 1 N–H and O–H groups in total. The topological polar surface area (TPSA) is 35.9 Å². The summed E-state index contributed by atoms with van der Waals surface area (Å²) < 4.78 is 19.4. The van der Waals surface area contributed by atoms with Crippen molar-refractivity contribution in [3.8, 4) is 5.75 Å². The maximum atomic E-state index is 14.3. The summed E-state index contributed by atoms with van der Waals surface area (Å²) in [5, 5.41) is 9.48. The minimum absolute atomic E-state index is 0.152. The van der Waals surface area contributed by atoms with Gasteiger partial charge >= 0.3 is 0 Å². The van der Waals surface area contributed by atoms with Gasteiger partial charge in [0.1, 0.15) is 11.6 Å². The minimum atomic E-state index is -0.233. The average molecular weight is 372 g/mol. The summed E-state index contributed by atoms with van der Waals surface area (Å²) in [6, 6.07) is 15.8. The van der Waals surface area contributed by atoms with E-state index in [1.165, 1.54) is 11.6 Å². The molecule has 0 bridgehead atoms. The fourth-order valence-electron chi connectivity index (χ4n) is 3.73. The monoisotopic (exact) mass is 372 g/mol. The normalized spacial score (nSPS) is 18.6. The molecule has 2 aromatic rings. The van der Waals surface area contributed by atoms with E-state index in [-0.39, 0.29) is 18.5 Å². The second kappa shape index (κ2) is 9.83. The highest BCUT2D eigenvalue weighted by molar-refractivity contribution is 5.29. The van der Waals surface area contributed by atoms with Crippen LogP contribution < -0.4 is 4.74 Å². The van der Waals surface area contributed by atoms with E-state index in [0.29, 0.717) is 24.3 Å². The molecule has 4 nitrogen and oxygen atoms in total. The largest absolute Gasteiger partial charge is 0.497 e. The molecule has 1 fully saturated rings. The summed E-state index contributed by atoms with van der Waals surface area (Å²) in [4.78, 5) is 4.74. The molecule has 146 valence electrons. The van der Waals surface area contributed by atoms with Gasteiger partial charge in [0.05, 0.1) is 7.11 Å². The first-order valence-electron chi connectivity index (χ1n) is 9.63. The molecule has 1 aliphatic rings. The van der Waals surface area contributed by atoms with Gasteiger partial charge in [-0.2, -0.15) is 0 Å². The van der Waals surface area contributed by atoms with E-state index in [2.05, 4.69) is 34.1 Å². The second-order valence-electron chi connectivity index (χ2n) is 7.13. The first-order chi connectivity index (χ1) is 13.2. The number of nitrogens with zero attached hydrogens (tertiary/aromatic N) is 2. The van der Waals surface area contributed by atoms with Gasteiger partial charge in [-0.25, -0.2) is 4.39 Å². The highest BCUT2D eigenvalue weighted by atomic mass is 19.1. The number of rotatable bonds is 8. The van der Waals surface area contributed by atoms with Crippen molar-refractivity contribution >= 4 is 0 Å². The van der Waals surface area contributed by atoms with E-state index in [0.717, 1.165) is 32.6 Å². The van der Waals surface area contributed by atoms with Crippen LogP contribution in [0.15, 0.2) is 48.5 Å². The maximum absolute atomic E-state index is 14.3.